The largest absolute Gasteiger partial charge is 0.497 e. The summed E-state index contributed by atoms with van der Waals surface area (Å²) < 4.78 is 34.5. The highest BCUT2D eigenvalue weighted by atomic mass is 32.2. The van der Waals surface area contributed by atoms with Gasteiger partial charge in [0.1, 0.15) is 5.75 Å². The van der Waals surface area contributed by atoms with Crippen molar-refractivity contribution in [2.24, 2.45) is 0 Å². The molecule has 0 spiro atoms. The van der Waals surface area contributed by atoms with Crippen molar-refractivity contribution in [3.8, 4) is 5.75 Å². The van der Waals surface area contributed by atoms with E-state index in [4.69, 9.17) is 4.74 Å². The lowest BCUT2D eigenvalue weighted by molar-refractivity contribution is 0.410. The number of rotatable bonds is 6. The minimum absolute atomic E-state index is 0.163. The summed E-state index contributed by atoms with van der Waals surface area (Å²) >= 11 is 0. The molecule has 1 aliphatic carbocycles. The molecule has 0 atom stereocenters. The Kier molecular flexibility index (Phi) is 5.13. The molecule has 0 bridgehead atoms. The maximum Gasteiger partial charge on any atom is 0.241 e. The standard InChI is InChI=1S/C23H25NO3S/c1-27-20-13-11-19(12-14-20)23(15-4-5-16-23)17-24-28(25,26)22-10-6-8-18-7-2-3-9-21(18)22/h2-3,6-14,24H,4-5,15-17H2,1H3. The quantitative estimate of drug-likeness (QED) is 0.662. The van der Waals surface area contributed by atoms with Crippen molar-refractivity contribution >= 4 is 20.8 Å². The Hall–Kier alpha value is -2.37. The van der Waals surface area contributed by atoms with E-state index in [2.05, 4.69) is 16.9 Å². The van der Waals surface area contributed by atoms with Crippen LogP contribution in [-0.4, -0.2) is 22.1 Å². The number of hydrogen-bond acceptors (Lipinski definition) is 3. The Bertz CT molecular complexity index is 1060. The summed E-state index contributed by atoms with van der Waals surface area (Å²) in [5.74, 6) is 0.813. The van der Waals surface area contributed by atoms with Gasteiger partial charge in [-0.25, -0.2) is 13.1 Å². The van der Waals surface area contributed by atoms with Gasteiger partial charge in [0.25, 0.3) is 0 Å². The molecule has 28 heavy (non-hydrogen) atoms. The van der Waals surface area contributed by atoms with Crippen LogP contribution in [0.2, 0.25) is 0 Å². The molecule has 3 aromatic rings. The van der Waals surface area contributed by atoms with E-state index >= 15 is 0 Å². The van der Waals surface area contributed by atoms with Crippen LogP contribution in [0, 0.1) is 0 Å². The molecule has 1 N–H and O–H groups in total. The van der Waals surface area contributed by atoms with Gasteiger partial charge in [0.15, 0.2) is 0 Å². The van der Waals surface area contributed by atoms with Crippen molar-refractivity contribution in [1.29, 1.82) is 0 Å². The number of methoxy groups -OCH3 is 1. The summed E-state index contributed by atoms with van der Waals surface area (Å²) in [5, 5.41) is 1.68. The van der Waals surface area contributed by atoms with Crippen LogP contribution in [0.5, 0.6) is 5.75 Å². The summed E-state index contributed by atoms with van der Waals surface area (Å²) in [6.45, 7) is 0.408. The number of fused-ring (bicyclic) bond motifs is 1. The Balaban J connectivity index is 1.63. The van der Waals surface area contributed by atoms with Gasteiger partial charge in [0, 0.05) is 17.3 Å². The molecule has 4 nitrogen and oxygen atoms in total. The molecule has 0 amide bonds. The second kappa shape index (κ2) is 7.57. The number of benzene rings is 3. The Labute approximate surface area is 166 Å². The van der Waals surface area contributed by atoms with Crippen molar-refractivity contribution < 1.29 is 13.2 Å². The topological polar surface area (TPSA) is 55.4 Å². The van der Waals surface area contributed by atoms with Gasteiger partial charge in [0.2, 0.25) is 10.0 Å². The Morgan fingerprint density at radius 3 is 2.32 bits per heavy atom. The van der Waals surface area contributed by atoms with Crippen molar-refractivity contribution in [2.45, 2.75) is 36.0 Å². The van der Waals surface area contributed by atoms with Gasteiger partial charge >= 0.3 is 0 Å². The van der Waals surface area contributed by atoms with E-state index in [1.807, 2.05) is 42.5 Å². The first-order valence-electron chi connectivity index (χ1n) is 9.66. The summed E-state index contributed by atoms with van der Waals surface area (Å²) in [7, 11) is -1.96. The molecule has 0 unspecified atom stereocenters. The molecule has 4 rings (SSSR count). The lowest BCUT2D eigenvalue weighted by atomic mass is 9.79. The van der Waals surface area contributed by atoms with E-state index in [9.17, 15) is 8.42 Å². The predicted octanol–water partition coefficient (Wildman–Crippen LogP) is 4.64. The first-order valence-corrected chi connectivity index (χ1v) is 11.1. The highest BCUT2D eigenvalue weighted by molar-refractivity contribution is 7.89. The zero-order valence-electron chi connectivity index (χ0n) is 16.0. The number of nitrogens with one attached hydrogen (secondary N) is 1. The molecule has 1 fully saturated rings. The van der Waals surface area contributed by atoms with Crippen LogP contribution in [0.25, 0.3) is 10.8 Å². The minimum Gasteiger partial charge on any atom is -0.497 e. The fourth-order valence-electron chi connectivity index (χ4n) is 4.30. The molecule has 1 aliphatic rings. The molecule has 146 valence electrons. The Morgan fingerprint density at radius 1 is 0.929 bits per heavy atom. The van der Waals surface area contributed by atoms with Crippen LogP contribution in [0.1, 0.15) is 31.2 Å². The molecule has 5 heteroatoms. The third-order valence-corrected chi connectivity index (χ3v) is 7.36. The summed E-state index contributed by atoms with van der Waals surface area (Å²) in [6, 6.07) is 21.0. The summed E-state index contributed by atoms with van der Waals surface area (Å²) in [6.07, 6.45) is 4.19. The van der Waals surface area contributed by atoms with Crippen molar-refractivity contribution in [3.63, 3.8) is 0 Å². The van der Waals surface area contributed by atoms with Gasteiger partial charge in [0.05, 0.1) is 12.0 Å². The molecule has 0 aromatic heterocycles. The monoisotopic (exact) mass is 395 g/mol. The van der Waals surface area contributed by atoms with E-state index in [1.165, 1.54) is 5.56 Å². The zero-order chi connectivity index (χ0) is 19.6. The maximum absolute atomic E-state index is 13.1. The minimum atomic E-state index is -3.61. The SMILES string of the molecule is COc1ccc(C2(CNS(=O)(=O)c3cccc4ccccc34)CCCC2)cc1. The highest BCUT2D eigenvalue weighted by Crippen LogP contribution is 2.41. The van der Waals surface area contributed by atoms with Gasteiger partial charge in [-0.1, -0.05) is 61.4 Å². The van der Waals surface area contributed by atoms with Gasteiger partial charge in [-0.3, -0.25) is 0 Å². The molecule has 0 radical (unpaired) electrons. The van der Waals surface area contributed by atoms with Gasteiger partial charge in [-0.05, 0) is 42.0 Å². The van der Waals surface area contributed by atoms with E-state index in [-0.39, 0.29) is 5.41 Å². The van der Waals surface area contributed by atoms with Crippen LogP contribution < -0.4 is 9.46 Å². The highest BCUT2D eigenvalue weighted by Gasteiger charge is 2.37. The molecule has 0 aliphatic heterocycles. The smallest absolute Gasteiger partial charge is 0.241 e. The fraction of sp³-hybridized carbons (Fsp3) is 0.304. The molecule has 0 heterocycles. The zero-order valence-corrected chi connectivity index (χ0v) is 16.8. The van der Waals surface area contributed by atoms with Gasteiger partial charge in [-0.15, -0.1) is 0 Å². The molecule has 0 saturated heterocycles. The van der Waals surface area contributed by atoms with Crippen LogP contribution in [-0.2, 0) is 15.4 Å². The van der Waals surface area contributed by atoms with Crippen molar-refractivity contribution in [3.05, 3.63) is 72.3 Å². The number of sulfonamides is 1. The fourth-order valence-corrected chi connectivity index (χ4v) is 5.66. The predicted molar refractivity (Wildman–Crippen MR) is 112 cm³/mol. The lowest BCUT2D eigenvalue weighted by Gasteiger charge is -2.30. The van der Waals surface area contributed by atoms with Crippen LogP contribution in [0.3, 0.4) is 0 Å². The van der Waals surface area contributed by atoms with Gasteiger partial charge in [-0.2, -0.15) is 0 Å². The number of ether oxygens (including phenoxy) is 1. The second-order valence-electron chi connectivity index (χ2n) is 7.52. The molecular formula is C23H25NO3S. The first-order chi connectivity index (χ1) is 13.5. The summed E-state index contributed by atoms with van der Waals surface area (Å²) in [5.41, 5.74) is 1.01. The average molecular weight is 396 g/mol. The lowest BCUT2D eigenvalue weighted by Crippen LogP contribution is -2.39. The third kappa shape index (κ3) is 3.52. The first kappa shape index (κ1) is 19.0. The molecule has 1 saturated carbocycles. The van der Waals surface area contributed by atoms with E-state index < -0.39 is 10.0 Å². The van der Waals surface area contributed by atoms with Crippen LogP contribution >= 0.6 is 0 Å². The van der Waals surface area contributed by atoms with Crippen LogP contribution in [0.4, 0.5) is 0 Å². The average Bonchev–Trinajstić information content (AvgIpc) is 3.22. The van der Waals surface area contributed by atoms with Crippen molar-refractivity contribution in [1.82, 2.24) is 4.72 Å². The van der Waals surface area contributed by atoms with E-state index in [1.54, 1.807) is 19.2 Å². The maximum atomic E-state index is 13.1. The number of hydrogen-bond donors (Lipinski definition) is 1. The second-order valence-corrected chi connectivity index (χ2v) is 9.25. The van der Waals surface area contributed by atoms with Crippen LogP contribution in [0.15, 0.2) is 71.6 Å². The third-order valence-electron chi connectivity index (χ3n) is 5.90. The normalized spacial score (nSPS) is 16.3. The summed E-state index contributed by atoms with van der Waals surface area (Å²) in [4.78, 5) is 0.341. The Morgan fingerprint density at radius 2 is 1.61 bits per heavy atom. The molecule has 3 aromatic carbocycles. The van der Waals surface area contributed by atoms with E-state index in [0.717, 1.165) is 42.2 Å². The van der Waals surface area contributed by atoms with Gasteiger partial charge < -0.3 is 4.74 Å². The van der Waals surface area contributed by atoms with E-state index in [0.29, 0.717) is 11.4 Å². The van der Waals surface area contributed by atoms with Crippen molar-refractivity contribution in [2.75, 3.05) is 13.7 Å². The molecular weight excluding hydrogens is 370 g/mol.